The molecule has 0 fully saturated rings. The summed E-state index contributed by atoms with van der Waals surface area (Å²) in [4.78, 5) is 14.8. The second-order valence-electron chi connectivity index (χ2n) is 5.08. The lowest BCUT2D eigenvalue weighted by molar-refractivity contribution is 0.147. The van der Waals surface area contributed by atoms with Gasteiger partial charge >= 0.3 is 6.09 Å². The Morgan fingerprint density at radius 3 is 3.20 bits per heavy atom. The molecule has 0 saturated carbocycles. The Bertz CT molecular complexity index is 651. The zero-order valence-corrected chi connectivity index (χ0v) is 11.3. The summed E-state index contributed by atoms with van der Waals surface area (Å²) in [7, 11) is 0. The number of carbonyl (C=O) groups excluding carboxylic acids is 1. The Hall–Kier alpha value is -2.04. The van der Waals surface area contributed by atoms with Crippen LogP contribution in [0, 0.1) is 5.82 Å². The number of benzene rings is 1. The molecule has 1 unspecified atom stereocenters. The zero-order valence-electron chi connectivity index (χ0n) is 11.3. The number of hydrogen-bond acceptors (Lipinski definition) is 2. The monoisotopic (exact) mass is 276 g/mol. The normalized spacial score (nSPS) is 17.8. The van der Waals surface area contributed by atoms with Crippen molar-refractivity contribution in [1.82, 2.24) is 10.3 Å². The van der Waals surface area contributed by atoms with Gasteiger partial charge in [-0.15, -0.1) is 0 Å². The van der Waals surface area contributed by atoms with Crippen molar-refractivity contribution in [2.75, 3.05) is 6.61 Å². The van der Waals surface area contributed by atoms with Crippen molar-refractivity contribution in [3.63, 3.8) is 0 Å². The van der Waals surface area contributed by atoms with Crippen molar-refractivity contribution < 1.29 is 13.9 Å². The third-order valence-electron chi connectivity index (χ3n) is 3.75. The van der Waals surface area contributed by atoms with Crippen LogP contribution in [0.3, 0.4) is 0 Å². The number of rotatable bonds is 2. The lowest BCUT2D eigenvalue weighted by Gasteiger charge is -2.23. The van der Waals surface area contributed by atoms with Crippen molar-refractivity contribution in [1.29, 1.82) is 0 Å². The van der Waals surface area contributed by atoms with Gasteiger partial charge in [-0.25, -0.2) is 9.18 Å². The van der Waals surface area contributed by atoms with Crippen LogP contribution in [0.2, 0.25) is 0 Å². The average Bonchev–Trinajstić information content (AvgIpc) is 2.75. The molecule has 1 aliphatic carbocycles. The van der Waals surface area contributed by atoms with Crippen molar-refractivity contribution in [3.8, 4) is 0 Å². The first-order valence-corrected chi connectivity index (χ1v) is 6.89. The van der Waals surface area contributed by atoms with Gasteiger partial charge in [0.25, 0.3) is 0 Å². The maximum Gasteiger partial charge on any atom is 0.407 e. The van der Waals surface area contributed by atoms with Gasteiger partial charge in [-0.05, 0) is 49.9 Å². The van der Waals surface area contributed by atoms with Crippen LogP contribution in [0.25, 0.3) is 10.9 Å². The van der Waals surface area contributed by atoms with E-state index < -0.39 is 0 Å². The number of aromatic nitrogens is 1. The minimum absolute atomic E-state index is 0.0746. The molecule has 20 heavy (non-hydrogen) atoms. The molecule has 0 spiro atoms. The number of hydrogen-bond donors (Lipinski definition) is 2. The van der Waals surface area contributed by atoms with Crippen molar-refractivity contribution in [2.24, 2.45) is 0 Å². The van der Waals surface area contributed by atoms with Crippen LogP contribution in [-0.2, 0) is 17.6 Å². The lowest BCUT2D eigenvalue weighted by atomic mass is 9.91. The molecule has 0 radical (unpaired) electrons. The van der Waals surface area contributed by atoms with Crippen LogP contribution >= 0.6 is 0 Å². The number of amides is 1. The predicted molar refractivity (Wildman–Crippen MR) is 74.2 cm³/mol. The van der Waals surface area contributed by atoms with E-state index >= 15 is 0 Å². The van der Waals surface area contributed by atoms with Gasteiger partial charge < -0.3 is 15.0 Å². The van der Waals surface area contributed by atoms with Crippen LogP contribution in [0.4, 0.5) is 9.18 Å². The molecular weight excluding hydrogens is 259 g/mol. The highest BCUT2D eigenvalue weighted by Crippen LogP contribution is 2.29. The number of aromatic amines is 1. The van der Waals surface area contributed by atoms with Gasteiger partial charge in [-0.3, -0.25) is 0 Å². The minimum Gasteiger partial charge on any atom is -0.450 e. The highest BCUT2D eigenvalue weighted by molar-refractivity contribution is 5.85. The topological polar surface area (TPSA) is 54.1 Å². The van der Waals surface area contributed by atoms with Crippen molar-refractivity contribution >= 4 is 17.0 Å². The van der Waals surface area contributed by atoms with E-state index in [4.69, 9.17) is 4.74 Å². The molecule has 106 valence electrons. The summed E-state index contributed by atoms with van der Waals surface area (Å²) in [6.07, 6.45) is 2.09. The zero-order chi connectivity index (χ0) is 14.1. The van der Waals surface area contributed by atoms with E-state index in [-0.39, 0.29) is 18.0 Å². The highest BCUT2D eigenvalue weighted by Gasteiger charge is 2.24. The van der Waals surface area contributed by atoms with E-state index in [1.54, 1.807) is 13.0 Å². The first-order valence-electron chi connectivity index (χ1n) is 6.89. The van der Waals surface area contributed by atoms with Crippen LogP contribution < -0.4 is 5.32 Å². The second kappa shape index (κ2) is 5.15. The largest absolute Gasteiger partial charge is 0.450 e. The summed E-state index contributed by atoms with van der Waals surface area (Å²) in [5.41, 5.74) is 3.15. The third-order valence-corrected chi connectivity index (χ3v) is 3.75. The fraction of sp³-hybridized carbons (Fsp3) is 0.400. The first-order chi connectivity index (χ1) is 9.67. The number of carbonyl (C=O) groups is 1. The maximum atomic E-state index is 13.2. The van der Waals surface area contributed by atoms with E-state index in [1.165, 1.54) is 17.7 Å². The van der Waals surface area contributed by atoms with Crippen molar-refractivity contribution in [3.05, 3.63) is 35.3 Å². The Balaban J connectivity index is 1.83. The van der Waals surface area contributed by atoms with Gasteiger partial charge in [-0.1, -0.05) is 0 Å². The number of halogens is 1. The molecule has 4 nitrogen and oxygen atoms in total. The smallest absolute Gasteiger partial charge is 0.407 e. The maximum absolute atomic E-state index is 13.2. The minimum atomic E-state index is -0.369. The molecule has 0 bridgehead atoms. The highest BCUT2D eigenvalue weighted by atomic mass is 19.1. The number of alkyl carbamates (subject to hydrolysis) is 1. The molecule has 1 aromatic carbocycles. The summed E-state index contributed by atoms with van der Waals surface area (Å²) in [5.74, 6) is -0.239. The van der Waals surface area contributed by atoms with Gasteiger partial charge in [0.1, 0.15) is 5.82 Å². The van der Waals surface area contributed by atoms with E-state index in [9.17, 15) is 9.18 Å². The summed E-state index contributed by atoms with van der Waals surface area (Å²) >= 11 is 0. The Morgan fingerprint density at radius 1 is 1.55 bits per heavy atom. The van der Waals surface area contributed by atoms with Gasteiger partial charge in [0.2, 0.25) is 0 Å². The van der Waals surface area contributed by atoms with Crippen LogP contribution in [-0.4, -0.2) is 23.7 Å². The molecule has 3 rings (SSSR count). The number of nitrogens with one attached hydrogen (secondary N) is 2. The summed E-state index contributed by atoms with van der Waals surface area (Å²) in [6, 6.07) is 4.86. The number of fused-ring (bicyclic) bond motifs is 3. The van der Waals surface area contributed by atoms with E-state index in [2.05, 4.69) is 10.3 Å². The van der Waals surface area contributed by atoms with Gasteiger partial charge in [0.15, 0.2) is 0 Å². The van der Waals surface area contributed by atoms with Crippen LogP contribution in [0.15, 0.2) is 18.2 Å². The lowest BCUT2D eigenvalue weighted by Crippen LogP contribution is -2.39. The molecule has 2 N–H and O–H groups in total. The molecule has 0 saturated heterocycles. The summed E-state index contributed by atoms with van der Waals surface area (Å²) < 4.78 is 18.2. The number of H-pyrrole nitrogens is 1. The Morgan fingerprint density at radius 2 is 2.40 bits per heavy atom. The number of aryl methyl sites for hydroxylation is 1. The van der Waals surface area contributed by atoms with E-state index in [0.717, 1.165) is 35.9 Å². The van der Waals surface area contributed by atoms with Crippen molar-refractivity contribution in [2.45, 2.75) is 32.2 Å². The molecular formula is C15H17FN2O2. The fourth-order valence-electron chi connectivity index (χ4n) is 2.86. The second-order valence-corrected chi connectivity index (χ2v) is 5.08. The first kappa shape index (κ1) is 13.0. The Kier molecular flexibility index (Phi) is 3.34. The number of ether oxygens (including phenoxy) is 1. The van der Waals surface area contributed by atoms with Crippen LogP contribution in [0.1, 0.15) is 24.6 Å². The fourth-order valence-corrected chi connectivity index (χ4v) is 2.86. The summed E-state index contributed by atoms with van der Waals surface area (Å²) in [5, 5.41) is 3.92. The van der Waals surface area contributed by atoms with Gasteiger partial charge in [-0.2, -0.15) is 0 Å². The average molecular weight is 276 g/mol. The Labute approximate surface area is 116 Å². The van der Waals surface area contributed by atoms with Gasteiger partial charge in [0, 0.05) is 22.6 Å². The predicted octanol–water partition coefficient (Wildman–Crippen LogP) is 2.91. The molecule has 1 amide bonds. The standard InChI is InChI=1S/C15H17FN2O2/c1-2-20-15(19)17-10-4-6-13-12(8-10)11-5-3-9(16)7-14(11)18-13/h3,5,7,10,18H,2,4,6,8H2,1H3,(H,17,19). The molecule has 1 atom stereocenters. The quantitative estimate of drug-likeness (QED) is 0.886. The molecule has 1 heterocycles. The molecule has 5 heteroatoms. The molecule has 2 aromatic rings. The SMILES string of the molecule is CCOC(=O)NC1CCc2[nH]c3cc(F)ccc3c2C1. The molecule has 1 aliphatic rings. The van der Waals surface area contributed by atoms with Crippen LogP contribution in [0.5, 0.6) is 0 Å². The van der Waals surface area contributed by atoms with E-state index in [1.807, 2.05) is 0 Å². The van der Waals surface area contributed by atoms with E-state index in [0.29, 0.717) is 6.61 Å². The van der Waals surface area contributed by atoms with Gasteiger partial charge in [0.05, 0.1) is 6.61 Å². The molecule has 0 aliphatic heterocycles. The molecule has 1 aromatic heterocycles. The third kappa shape index (κ3) is 2.35. The summed E-state index contributed by atoms with van der Waals surface area (Å²) in [6.45, 7) is 2.16.